The summed E-state index contributed by atoms with van der Waals surface area (Å²) < 4.78 is 13.8. The van der Waals surface area contributed by atoms with Crippen molar-refractivity contribution in [2.75, 3.05) is 32.5 Å². The van der Waals surface area contributed by atoms with Crippen molar-refractivity contribution in [3.05, 3.63) is 77.1 Å². The maximum absolute atomic E-state index is 13.8. The van der Waals surface area contributed by atoms with Crippen LogP contribution in [-0.2, 0) is 4.79 Å². The van der Waals surface area contributed by atoms with Gasteiger partial charge in [-0.3, -0.25) is 9.59 Å². The molecule has 0 radical (unpaired) electrons. The average molecular weight is 403 g/mol. The third-order valence-electron chi connectivity index (χ3n) is 5.09. The lowest BCUT2D eigenvalue weighted by Gasteiger charge is -2.10. The van der Waals surface area contributed by atoms with Crippen LogP contribution in [0.3, 0.4) is 0 Å². The molecule has 2 aliphatic carbocycles. The van der Waals surface area contributed by atoms with Crippen molar-refractivity contribution >= 4 is 29.2 Å². The van der Waals surface area contributed by atoms with Gasteiger partial charge in [-0.15, -0.1) is 0 Å². The van der Waals surface area contributed by atoms with Gasteiger partial charge in [0.15, 0.2) is 0 Å². The first kappa shape index (κ1) is 19.8. The summed E-state index contributed by atoms with van der Waals surface area (Å²) >= 11 is 0. The molecule has 1 heterocycles. The lowest BCUT2D eigenvalue weighted by atomic mass is 10.0. The van der Waals surface area contributed by atoms with Crippen molar-refractivity contribution in [2.45, 2.75) is 0 Å². The van der Waals surface area contributed by atoms with Crippen LogP contribution in [0.4, 0.5) is 10.1 Å². The van der Waals surface area contributed by atoms with Crippen LogP contribution in [0.25, 0.3) is 22.8 Å². The zero-order valence-corrected chi connectivity index (χ0v) is 16.8. The van der Waals surface area contributed by atoms with E-state index in [0.717, 1.165) is 23.2 Å². The second kappa shape index (κ2) is 8.08. The maximum Gasteiger partial charge on any atom is 0.256 e. The molecule has 2 N–H and O–H groups in total. The smallest absolute Gasteiger partial charge is 0.256 e. The van der Waals surface area contributed by atoms with E-state index in [4.69, 9.17) is 0 Å². The molecular formula is C24H22FN3O2. The summed E-state index contributed by atoms with van der Waals surface area (Å²) in [6, 6.07) is 15.5. The Morgan fingerprint density at radius 1 is 1.07 bits per heavy atom. The monoisotopic (exact) mass is 403 g/mol. The number of halogens is 1. The minimum atomic E-state index is -0.407. The highest BCUT2D eigenvalue weighted by atomic mass is 19.1. The quantitative estimate of drug-likeness (QED) is 0.639. The predicted octanol–water partition coefficient (Wildman–Crippen LogP) is 3.71. The van der Waals surface area contributed by atoms with E-state index in [1.165, 1.54) is 12.1 Å². The summed E-state index contributed by atoms with van der Waals surface area (Å²) in [7, 11) is 3.89. The van der Waals surface area contributed by atoms with E-state index < -0.39 is 5.82 Å². The Bertz CT molecular complexity index is 1140. The lowest BCUT2D eigenvalue weighted by Crippen LogP contribution is -2.31. The van der Waals surface area contributed by atoms with E-state index >= 15 is 0 Å². The van der Waals surface area contributed by atoms with Crippen molar-refractivity contribution in [1.29, 1.82) is 0 Å². The number of nitrogens with one attached hydrogen (secondary N) is 2. The van der Waals surface area contributed by atoms with Crippen LogP contribution in [0.2, 0.25) is 0 Å². The number of carbonyl (C=O) groups is 2. The number of anilines is 1. The number of fused-ring (bicyclic) bond motifs is 2. The minimum Gasteiger partial charge on any atom is -0.351 e. The molecule has 30 heavy (non-hydrogen) atoms. The fourth-order valence-electron chi connectivity index (χ4n) is 3.60. The molecule has 0 bridgehead atoms. The molecular weight excluding hydrogens is 381 g/mol. The van der Waals surface area contributed by atoms with Gasteiger partial charge in [-0.2, -0.15) is 0 Å². The minimum absolute atomic E-state index is 0.167. The maximum atomic E-state index is 13.8. The van der Waals surface area contributed by atoms with Gasteiger partial charge in [0.1, 0.15) is 5.82 Å². The molecule has 3 aliphatic rings. The van der Waals surface area contributed by atoms with E-state index in [9.17, 15) is 14.0 Å². The van der Waals surface area contributed by atoms with Gasteiger partial charge in [-0.25, -0.2) is 4.39 Å². The van der Waals surface area contributed by atoms with Gasteiger partial charge in [0, 0.05) is 35.5 Å². The highest BCUT2D eigenvalue weighted by molar-refractivity contribution is 6.35. The summed E-state index contributed by atoms with van der Waals surface area (Å²) in [5, 5.41) is 5.70. The van der Waals surface area contributed by atoms with Crippen LogP contribution in [0, 0.1) is 5.82 Å². The standard InChI is InChI=1S/C24H22FN3O2/c1-28(2)11-10-26-23(29)20-12-15(17-6-4-3-5-7-18(17)20)13-21-19-14-16(25)8-9-22(19)27-24(21)30/h3-9,12-14H,10-11H2,1-2H3,(H,26,29)(H,27,30). The zero-order chi connectivity index (χ0) is 21.3. The molecule has 4 rings (SSSR count). The number of carbonyl (C=O) groups excluding carboxylic acids is 2. The summed E-state index contributed by atoms with van der Waals surface area (Å²) in [6.07, 6.45) is 1.72. The van der Waals surface area contributed by atoms with Crippen molar-refractivity contribution < 1.29 is 14.0 Å². The fourth-order valence-corrected chi connectivity index (χ4v) is 3.60. The molecule has 1 aliphatic heterocycles. The summed E-state index contributed by atoms with van der Waals surface area (Å²) in [6.45, 7) is 1.26. The lowest BCUT2D eigenvalue weighted by molar-refractivity contribution is -0.110. The van der Waals surface area contributed by atoms with Gasteiger partial charge in [0.05, 0.1) is 0 Å². The summed E-state index contributed by atoms with van der Waals surface area (Å²) in [5.41, 5.74) is 4.41. The Hall–Kier alpha value is -3.51. The van der Waals surface area contributed by atoms with E-state index in [2.05, 4.69) is 10.6 Å². The average Bonchev–Trinajstić information content (AvgIpc) is 3.07. The highest BCUT2D eigenvalue weighted by Crippen LogP contribution is 2.38. The second-order valence-electron chi connectivity index (χ2n) is 7.51. The Morgan fingerprint density at radius 3 is 2.60 bits per heavy atom. The fraction of sp³-hybridized carbons (Fsp3) is 0.167. The van der Waals surface area contributed by atoms with Gasteiger partial charge in [0.25, 0.3) is 11.8 Å². The van der Waals surface area contributed by atoms with Gasteiger partial charge in [0.2, 0.25) is 0 Å². The molecule has 152 valence electrons. The Balaban J connectivity index is 1.76. The van der Waals surface area contributed by atoms with Gasteiger partial charge in [-0.05, 0) is 61.1 Å². The molecule has 0 saturated carbocycles. The molecule has 1 aromatic carbocycles. The summed E-state index contributed by atoms with van der Waals surface area (Å²) in [5.74, 6) is -0.863. The van der Waals surface area contributed by atoms with Crippen LogP contribution >= 0.6 is 0 Å². The first-order valence-corrected chi connectivity index (χ1v) is 9.71. The van der Waals surface area contributed by atoms with Gasteiger partial charge < -0.3 is 15.5 Å². The van der Waals surface area contributed by atoms with Crippen LogP contribution < -0.4 is 10.6 Å². The van der Waals surface area contributed by atoms with Gasteiger partial charge in [-0.1, -0.05) is 30.3 Å². The highest BCUT2D eigenvalue weighted by Gasteiger charge is 2.26. The largest absolute Gasteiger partial charge is 0.351 e. The number of likely N-dealkylation sites (N-methyl/N-ethyl adjacent to an activating group) is 1. The molecule has 0 fully saturated rings. The Morgan fingerprint density at radius 2 is 1.83 bits per heavy atom. The SMILES string of the molecule is CN(C)CCNC(=O)c1cc(C=C2C(=O)Nc3ccc(F)cc32)c2cccccc1-2. The number of amides is 2. The van der Waals surface area contributed by atoms with Crippen LogP contribution in [-0.4, -0.2) is 43.9 Å². The predicted molar refractivity (Wildman–Crippen MR) is 117 cm³/mol. The number of hydrogen-bond acceptors (Lipinski definition) is 3. The van der Waals surface area contributed by atoms with E-state index in [1.807, 2.05) is 49.3 Å². The third kappa shape index (κ3) is 3.82. The first-order chi connectivity index (χ1) is 14.4. The topological polar surface area (TPSA) is 61.4 Å². The Kier molecular flexibility index (Phi) is 5.33. The van der Waals surface area contributed by atoms with Crippen LogP contribution in [0.1, 0.15) is 21.5 Å². The molecule has 1 aromatic rings. The number of rotatable bonds is 5. The van der Waals surface area contributed by atoms with Crippen molar-refractivity contribution in [3.8, 4) is 11.1 Å². The molecule has 0 atom stereocenters. The first-order valence-electron chi connectivity index (χ1n) is 9.71. The number of benzene rings is 1. The molecule has 0 unspecified atom stereocenters. The second-order valence-corrected chi connectivity index (χ2v) is 7.51. The van der Waals surface area contributed by atoms with E-state index in [-0.39, 0.29) is 11.8 Å². The number of hydrogen-bond donors (Lipinski definition) is 2. The summed E-state index contributed by atoms with van der Waals surface area (Å²) in [4.78, 5) is 27.3. The van der Waals surface area contributed by atoms with E-state index in [1.54, 1.807) is 18.2 Å². The number of nitrogens with zero attached hydrogens (tertiary/aromatic N) is 1. The van der Waals surface area contributed by atoms with E-state index in [0.29, 0.717) is 28.9 Å². The normalized spacial score (nSPS) is 14.3. The molecule has 2 amide bonds. The third-order valence-corrected chi connectivity index (χ3v) is 5.09. The Labute approximate surface area is 174 Å². The van der Waals surface area contributed by atoms with Crippen molar-refractivity contribution in [1.82, 2.24) is 10.2 Å². The molecule has 5 nitrogen and oxygen atoms in total. The molecule has 0 aromatic heterocycles. The van der Waals surface area contributed by atoms with Crippen molar-refractivity contribution in [3.63, 3.8) is 0 Å². The van der Waals surface area contributed by atoms with Gasteiger partial charge >= 0.3 is 0 Å². The van der Waals surface area contributed by atoms with Crippen molar-refractivity contribution in [2.24, 2.45) is 0 Å². The zero-order valence-electron chi connectivity index (χ0n) is 16.8. The molecule has 6 heteroatoms. The van der Waals surface area contributed by atoms with Crippen LogP contribution in [0.15, 0.2) is 54.6 Å². The van der Waals surface area contributed by atoms with Crippen LogP contribution in [0.5, 0.6) is 0 Å². The molecule has 0 spiro atoms. The molecule has 0 saturated heterocycles.